The summed E-state index contributed by atoms with van der Waals surface area (Å²) in [6.07, 6.45) is 6.09. The van der Waals surface area contributed by atoms with E-state index in [0.29, 0.717) is 6.04 Å². The van der Waals surface area contributed by atoms with Crippen LogP contribution in [0.3, 0.4) is 0 Å². The molecule has 3 nitrogen and oxygen atoms in total. The largest absolute Gasteiger partial charge is 0.367 e. The summed E-state index contributed by atoms with van der Waals surface area (Å²) in [6.45, 7) is 5.36. The number of anilines is 1. The van der Waals surface area contributed by atoms with Gasteiger partial charge in [0.1, 0.15) is 0 Å². The number of benzene rings is 1. The lowest BCUT2D eigenvalue weighted by Crippen LogP contribution is -2.35. The number of nitrogens with one attached hydrogen (secondary N) is 1. The smallest absolute Gasteiger partial charge is 0.0430 e. The fourth-order valence-corrected chi connectivity index (χ4v) is 3.03. The van der Waals surface area contributed by atoms with Crippen LogP contribution in [0.1, 0.15) is 36.9 Å². The van der Waals surface area contributed by atoms with Crippen molar-refractivity contribution in [2.75, 3.05) is 18.0 Å². The molecule has 1 aromatic heterocycles. The monoisotopic (exact) mass is 281 g/mol. The van der Waals surface area contributed by atoms with Crippen LogP contribution in [0.5, 0.6) is 0 Å². The Morgan fingerprint density at radius 3 is 2.81 bits per heavy atom. The highest BCUT2D eigenvalue weighted by atomic mass is 15.1. The van der Waals surface area contributed by atoms with Crippen molar-refractivity contribution in [3.05, 3.63) is 59.9 Å². The Kier molecular flexibility index (Phi) is 4.51. The number of para-hydroxylation sites is 1. The number of pyridine rings is 1. The molecule has 0 spiro atoms. The van der Waals surface area contributed by atoms with Gasteiger partial charge >= 0.3 is 0 Å². The third kappa shape index (κ3) is 3.24. The average molecular weight is 281 g/mol. The maximum Gasteiger partial charge on any atom is 0.0430 e. The number of nitrogens with zero attached hydrogens (tertiary/aromatic N) is 2. The number of rotatable bonds is 5. The SMILES string of the molecule is CCCNC1CCN(Cc2ccncc2)c2ccccc21. The molecule has 3 rings (SSSR count). The molecule has 21 heavy (non-hydrogen) atoms. The van der Waals surface area contributed by atoms with Gasteiger partial charge in [0.15, 0.2) is 0 Å². The second kappa shape index (κ2) is 6.72. The molecule has 0 bridgehead atoms. The Hall–Kier alpha value is -1.87. The van der Waals surface area contributed by atoms with Crippen LogP contribution in [-0.4, -0.2) is 18.1 Å². The van der Waals surface area contributed by atoms with Gasteiger partial charge in [-0.15, -0.1) is 0 Å². The maximum absolute atomic E-state index is 4.10. The molecule has 0 saturated heterocycles. The first-order chi connectivity index (χ1) is 10.4. The lowest BCUT2D eigenvalue weighted by molar-refractivity contribution is 0.477. The van der Waals surface area contributed by atoms with E-state index in [1.54, 1.807) is 0 Å². The van der Waals surface area contributed by atoms with Crippen LogP contribution in [0.4, 0.5) is 5.69 Å². The molecule has 1 atom stereocenters. The quantitative estimate of drug-likeness (QED) is 0.908. The van der Waals surface area contributed by atoms with Crippen LogP contribution in [0, 0.1) is 0 Å². The lowest BCUT2D eigenvalue weighted by atomic mass is 9.96. The van der Waals surface area contributed by atoms with E-state index in [0.717, 1.165) is 19.6 Å². The second-order valence-corrected chi connectivity index (χ2v) is 5.63. The summed E-state index contributed by atoms with van der Waals surface area (Å²) in [7, 11) is 0. The van der Waals surface area contributed by atoms with E-state index in [9.17, 15) is 0 Å². The van der Waals surface area contributed by atoms with Gasteiger partial charge in [0.25, 0.3) is 0 Å². The molecule has 0 fully saturated rings. The summed E-state index contributed by atoms with van der Waals surface area (Å²) in [4.78, 5) is 6.58. The molecule has 1 N–H and O–H groups in total. The number of hydrogen-bond acceptors (Lipinski definition) is 3. The fraction of sp³-hybridized carbons (Fsp3) is 0.389. The molecular weight excluding hydrogens is 258 g/mol. The van der Waals surface area contributed by atoms with Crippen molar-refractivity contribution < 1.29 is 0 Å². The maximum atomic E-state index is 4.10. The minimum absolute atomic E-state index is 0.495. The van der Waals surface area contributed by atoms with Gasteiger partial charge < -0.3 is 10.2 Å². The molecule has 1 aromatic carbocycles. The summed E-state index contributed by atoms with van der Waals surface area (Å²) in [6, 6.07) is 13.5. The van der Waals surface area contributed by atoms with E-state index in [4.69, 9.17) is 0 Å². The summed E-state index contributed by atoms with van der Waals surface area (Å²) >= 11 is 0. The van der Waals surface area contributed by atoms with E-state index < -0.39 is 0 Å². The molecule has 110 valence electrons. The molecule has 1 unspecified atom stereocenters. The standard InChI is InChI=1S/C18H23N3/c1-2-10-20-17-9-13-21(14-15-7-11-19-12-8-15)18-6-4-3-5-16(17)18/h3-8,11-12,17,20H,2,9-10,13-14H2,1H3. The van der Waals surface area contributed by atoms with Crippen molar-refractivity contribution in [2.24, 2.45) is 0 Å². The van der Waals surface area contributed by atoms with Crippen molar-refractivity contribution in [3.8, 4) is 0 Å². The Morgan fingerprint density at radius 1 is 1.19 bits per heavy atom. The van der Waals surface area contributed by atoms with Crippen LogP contribution >= 0.6 is 0 Å². The zero-order chi connectivity index (χ0) is 14.5. The minimum atomic E-state index is 0.495. The van der Waals surface area contributed by atoms with Gasteiger partial charge in [-0.2, -0.15) is 0 Å². The second-order valence-electron chi connectivity index (χ2n) is 5.63. The summed E-state index contributed by atoms with van der Waals surface area (Å²) in [5.41, 5.74) is 4.13. The normalized spacial score (nSPS) is 17.6. The third-order valence-corrected chi connectivity index (χ3v) is 4.10. The highest BCUT2D eigenvalue weighted by molar-refractivity contribution is 5.57. The molecule has 0 saturated carbocycles. The van der Waals surface area contributed by atoms with Crippen molar-refractivity contribution in [1.29, 1.82) is 0 Å². The predicted octanol–water partition coefficient (Wildman–Crippen LogP) is 3.53. The summed E-state index contributed by atoms with van der Waals surface area (Å²) < 4.78 is 0. The van der Waals surface area contributed by atoms with E-state index in [1.807, 2.05) is 12.4 Å². The molecule has 1 aliphatic heterocycles. The van der Waals surface area contributed by atoms with Gasteiger partial charge in [-0.25, -0.2) is 0 Å². The Morgan fingerprint density at radius 2 is 2.00 bits per heavy atom. The number of fused-ring (bicyclic) bond motifs is 1. The van der Waals surface area contributed by atoms with Gasteiger partial charge in [0.05, 0.1) is 0 Å². The van der Waals surface area contributed by atoms with Crippen molar-refractivity contribution >= 4 is 5.69 Å². The molecule has 3 heteroatoms. The number of aromatic nitrogens is 1. The van der Waals surface area contributed by atoms with E-state index >= 15 is 0 Å². The highest BCUT2D eigenvalue weighted by Crippen LogP contribution is 2.34. The Balaban J connectivity index is 1.81. The fourth-order valence-electron chi connectivity index (χ4n) is 3.03. The van der Waals surface area contributed by atoms with Gasteiger partial charge in [-0.1, -0.05) is 25.1 Å². The first-order valence-electron chi connectivity index (χ1n) is 7.84. The van der Waals surface area contributed by atoms with Gasteiger partial charge in [-0.05, 0) is 48.7 Å². The minimum Gasteiger partial charge on any atom is -0.367 e. The molecule has 2 aromatic rings. The third-order valence-electron chi connectivity index (χ3n) is 4.10. The van der Waals surface area contributed by atoms with Crippen molar-refractivity contribution in [2.45, 2.75) is 32.4 Å². The van der Waals surface area contributed by atoms with Gasteiger partial charge in [0, 0.05) is 37.2 Å². The molecule has 0 aliphatic carbocycles. The van der Waals surface area contributed by atoms with Crippen molar-refractivity contribution in [3.63, 3.8) is 0 Å². The zero-order valence-electron chi connectivity index (χ0n) is 12.6. The van der Waals surface area contributed by atoms with Crippen LogP contribution in [0.2, 0.25) is 0 Å². The molecular formula is C18H23N3. The Bertz CT molecular complexity index is 568. The lowest BCUT2D eigenvalue weighted by Gasteiger charge is -2.36. The molecule has 2 heterocycles. The molecule has 0 radical (unpaired) electrons. The van der Waals surface area contributed by atoms with Crippen LogP contribution in [0.25, 0.3) is 0 Å². The van der Waals surface area contributed by atoms with Crippen LogP contribution in [-0.2, 0) is 6.54 Å². The first-order valence-corrected chi connectivity index (χ1v) is 7.84. The van der Waals surface area contributed by atoms with E-state index in [2.05, 4.69) is 58.5 Å². The molecule has 1 aliphatic rings. The summed E-state index contributed by atoms with van der Waals surface area (Å²) in [5.74, 6) is 0. The highest BCUT2D eigenvalue weighted by Gasteiger charge is 2.24. The first kappa shape index (κ1) is 14.1. The van der Waals surface area contributed by atoms with Gasteiger partial charge in [-0.3, -0.25) is 4.98 Å². The van der Waals surface area contributed by atoms with E-state index in [-0.39, 0.29) is 0 Å². The van der Waals surface area contributed by atoms with Gasteiger partial charge in [0.2, 0.25) is 0 Å². The van der Waals surface area contributed by atoms with Crippen LogP contribution < -0.4 is 10.2 Å². The predicted molar refractivity (Wildman–Crippen MR) is 87.4 cm³/mol. The summed E-state index contributed by atoms with van der Waals surface area (Å²) in [5, 5.41) is 3.68. The topological polar surface area (TPSA) is 28.2 Å². The zero-order valence-corrected chi connectivity index (χ0v) is 12.6. The number of hydrogen-bond donors (Lipinski definition) is 1. The van der Waals surface area contributed by atoms with Crippen LogP contribution in [0.15, 0.2) is 48.8 Å². The Labute approximate surface area is 127 Å². The van der Waals surface area contributed by atoms with Crippen molar-refractivity contribution in [1.82, 2.24) is 10.3 Å². The van der Waals surface area contributed by atoms with E-state index in [1.165, 1.54) is 29.7 Å². The molecule has 0 amide bonds. The average Bonchev–Trinajstić information content (AvgIpc) is 2.55.